The molecule has 8 nitrogen and oxygen atoms in total. The predicted molar refractivity (Wildman–Crippen MR) is 96.5 cm³/mol. The van der Waals surface area contributed by atoms with Crippen molar-refractivity contribution < 1.29 is 23.2 Å². The molecular formula is C20H19N3O5. The van der Waals surface area contributed by atoms with Crippen LogP contribution in [0.3, 0.4) is 0 Å². The number of likely N-dealkylation sites (tertiary alicyclic amines) is 1. The van der Waals surface area contributed by atoms with Gasteiger partial charge in [0, 0.05) is 13.0 Å². The molecule has 0 N–H and O–H groups in total. The second kappa shape index (κ2) is 7.67. The number of carbonyl (C=O) groups is 2. The lowest BCUT2D eigenvalue weighted by molar-refractivity contribution is -0.150. The van der Waals surface area contributed by atoms with Gasteiger partial charge in [0.05, 0.1) is 18.2 Å². The van der Waals surface area contributed by atoms with Gasteiger partial charge in [-0.25, -0.2) is 0 Å². The van der Waals surface area contributed by atoms with E-state index < -0.39 is 11.9 Å². The van der Waals surface area contributed by atoms with Crippen LogP contribution in [0, 0.1) is 5.92 Å². The summed E-state index contributed by atoms with van der Waals surface area (Å²) in [4.78, 5) is 26.5. The van der Waals surface area contributed by atoms with Gasteiger partial charge in [-0.3, -0.25) is 9.59 Å². The van der Waals surface area contributed by atoms with Crippen molar-refractivity contribution in [2.75, 3.05) is 6.54 Å². The van der Waals surface area contributed by atoms with Crippen LogP contribution in [-0.2, 0) is 20.9 Å². The molecule has 144 valence electrons. The maximum atomic E-state index is 12.4. The standard InChI is InChI=1S/C20H19N3O5/c1-13(14-6-3-2-4-7-14)23-11-15(10-18(23)24)20(25)27-12-17-21-22-19(28-17)16-8-5-9-26-16/h2-9,13,15H,10-12H2,1H3/t13-,15-/m1/s1. The molecule has 1 saturated heterocycles. The van der Waals surface area contributed by atoms with E-state index in [0.717, 1.165) is 5.56 Å². The quantitative estimate of drug-likeness (QED) is 0.605. The Labute approximate surface area is 161 Å². The molecule has 28 heavy (non-hydrogen) atoms. The second-order valence-electron chi connectivity index (χ2n) is 6.62. The highest BCUT2D eigenvalue weighted by Crippen LogP contribution is 2.29. The number of furan rings is 1. The van der Waals surface area contributed by atoms with Gasteiger partial charge in [-0.2, -0.15) is 0 Å². The van der Waals surface area contributed by atoms with Crippen molar-refractivity contribution in [2.45, 2.75) is 26.0 Å². The van der Waals surface area contributed by atoms with Gasteiger partial charge in [0.15, 0.2) is 12.4 Å². The summed E-state index contributed by atoms with van der Waals surface area (Å²) < 4.78 is 15.9. The Balaban J connectivity index is 1.34. The van der Waals surface area contributed by atoms with Crippen molar-refractivity contribution in [3.63, 3.8) is 0 Å². The molecule has 0 spiro atoms. The summed E-state index contributed by atoms with van der Waals surface area (Å²) in [5, 5.41) is 7.69. The first-order valence-electron chi connectivity index (χ1n) is 8.99. The molecule has 0 aliphatic carbocycles. The van der Waals surface area contributed by atoms with Crippen LogP contribution < -0.4 is 0 Å². The van der Waals surface area contributed by atoms with E-state index in [9.17, 15) is 9.59 Å². The number of aromatic nitrogens is 2. The Morgan fingerprint density at radius 2 is 2.07 bits per heavy atom. The molecule has 0 unspecified atom stereocenters. The summed E-state index contributed by atoms with van der Waals surface area (Å²) >= 11 is 0. The molecule has 3 heterocycles. The lowest BCUT2D eigenvalue weighted by atomic mass is 10.1. The SMILES string of the molecule is C[C@H](c1ccccc1)N1C[C@H](C(=O)OCc2nnc(-c3ccco3)o2)CC1=O. The zero-order valence-corrected chi connectivity index (χ0v) is 15.3. The monoisotopic (exact) mass is 381 g/mol. The van der Waals surface area contributed by atoms with E-state index in [-0.39, 0.29) is 36.8 Å². The molecule has 1 aromatic carbocycles. The van der Waals surface area contributed by atoms with Crippen molar-refractivity contribution >= 4 is 11.9 Å². The van der Waals surface area contributed by atoms with Crippen LogP contribution in [0.2, 0.25) is 0 Å². The second-order valence-corrected chi connectivity index (χ2v) is 6.62. The number of benzene rings is 1. The van der Waals surface area contributed by atoms with Gasteiger partial charge in [-0.1, -0.05) is 30.3 Å². The molecule has 3 aromatic rings. The third kappa shape index (κ3) is 3.66. The maximum absolute atomic E-state index is 12.4. The molecule has 0 radical (unpaired) electrons. The summed E-state index contributed by atoms with van der Waals surface area (Å²) in [6.07, 6.45) is 1.63. The summed E-state index contributed by atoms with van der Waals surface area (Å²) in [7, 11) is 0. The highest BCUT2D eigenvalue weighted by Gasteiger charge is 2.38. The van der Waals surface area contributed by atoms with Crippen LogP contribution in [-0.4, -0.2) is 33.5 Å². The molecule has 0 saturated carbocycles. The Morgan fingerprint density at radius 1 is 1.25 bits per heavy atom. The number of ether oxygens (including phenoxy) is 1. The Morgan fingerprint density at radius 3 is 2.82 bits per heavy atom. The smallest absolute Gasteiger partial charge is 0.311 e. The molecule has 2 aromatic heterocycles. The van der Waals surface area contributed by atoms with E-state index in [2.05, 4.69) is 10.2 Å². The van der Waals surface area contributed by atoms with Gasteiger partial charge in [-0.15, -0.1) is 10.2 Å². The highest BCUT2D eigenvalue weighted by atomic mass is 16.5. The first-order chi connectivity index (χ1) is 13.6. The summed E-state index contributed by atoms with van der Waals surface area (Å²) in [6.45, 7) is 2.14. The highest BCUT2D eigenvalue weighted by molar-refractivity contribution is 5.87. The van der Waals surface area contributed by atoms with Gasteiger partial charge < -0.3 is 18.5 Å². The van der Waals surface area contributed by atoms with Gasteiger partial charge in [0.1, 0.15) is 0 Å². The van der Waals surface area contributed by atoms with Crippen LogP contribution >= 0.6 is 0 Å². The van der Waals surface area contributed by atoms with Gasteiger partial charge >= 0.3 is 5.97 Å². The number of rotatable bonds is 6. The molecule has 1 aliphatic heterocycles. The number of esters is 1. The van der Waals surface area contributed by atoms with E-state index in [0.29, 0.717) is 12.3 Å². The average molecular weight is 381 g/mol. The molecule has 8 heteroatoms. The zero-order chi connectivity index (χ0) is 19.5. The topological polar surface area (TPSA) is 98.7 Å². The van der Waals surface area contributed by atoms with Gasteiger partial charge in [0.25, 0.3) is 11.8 Å². The van der Waals surface area contributed by atoms with E-state index in [4.69, 9.17) is 13.6 Å². The minimum absolute atomic E-state index is 0.0591. The lowest BCUT2D eigenvalue weighted by Gasteiger charge is -2.25. The average Bonchev–Trinajstić information content (AvgIpc) is 3.46. The summed E-state index contributed by atoms with van der Waals surface area (Å²) in [5.41, 5.74) is 1.03. The number of nitrogens with zero attached hydrogens (tertiary/aromatic N) is 3. The normalized spacial score (nSPS) is 17.7. The van der Waals surface area contributed by atoms with Crippen LogP contribution in [0.15, 0.2) is 57.6 Å². The van der Waals surface area contributed by atoms with E-state index in [1.165, 1.54) is 6.26 Å². The van der Waals surface area contributed by atoms with Crippen molar-refractivity contribution in [1.29, 1.82) is 0 Å². The molecule has 0 bridgehead atoms. The molecular weight excluding hydrogens is 362 g/mol. The van der Waals surface area contributed by atoms with E-state index in [1.807, 2.05) is 37.3 Å². The number of amides is 1. The molecule has 1 amide bonds. The van der Waals surface area contributed by atoms with E-state index in [1.54, 1.807) is 17.0 Å². The number of hydrogen-bond acceptors (Lipinski definition) is 7. The van der Waals surface area contributed by atoms with Crippen LogP contribution in [0.25, 0.3) is 11.7 Å². The number of carbonyl (C=O) groups excluding carboxylic acids is 2. The minimum Gasteiger partial charge on any atom is -0.459 e. The lowest BCUT2D eigenvalue weighted by Crippen LogP contribution is -2.29. The van der Waals surface area contributed by atoms with Crippen LogP contribution in [0.1, 0.15) is 30.8 Å². The van der Waals surface area contributed by atoms with Crippen LogP contribution in [0.4, 0.5) is 0 Å². The van der Waals surface area contributed by atoms with E-state index >= 15 is 0 Å². The molecule has 4 rings (SSSR count). The van der Waals surface area contributed by atoms with Gasteiger partial charge in [0.2, 0.25) is 5.91 Å². The third-order valence-corrected chi connectivity index (χ3v) is 4.78. The minimum atomic E-state index is -0.508. The first-order valence-corrected chi connectivity index (χ1v) is 8.99. The largest absolute Gasteiger partial charge is 0.459 e. The third-order valence-electron chi connectivity index (χ3n) is 4.78. The molecule has 1 fully saturated rings. The van der Waals surface area contributed by atoms with Crippen molar-refractivity contribution in [2.24, 2.45) is 5.92 Å². The summed E-state index contributed by atoms with van der Waals surface area (Å²) in [6, 6.07) is 13.0. The van der Waals surface area contributed by atoms with Crippen molar-refractivity contribution in [1.82, 2.24) is 15.1 Å². The predicted octanol–water partition coefficient (Wildman–Crippen LogP) is 2.98. The fraction of sp³-hybridized carbons (Fsp3) is 0.300. The Kier molecular flexibility index (Phi) is 4.92. The fourth-order valence-electron chi connectivity index (χ4n) is 3.24. The van der Waals surface area contributed by atoms with Crippen LogP contribution in [0.5, 0.6) is 0 Å². The van der Waals surface area contributed by atoms with Gasteiger partial charge in [-0.05, 0) is 24.6 Å². The Bertz CT molecular complexity index is 951. The molecule has 2 atom stereocenters. The van der Waals surface area contributed by atoms with Crippen molar-refractivity contribution in [3.8, 4) is 11.7 Å². The maximum Gasteiger partial charge on any atom is 0.311 e. The number of hydrogen-bond donors (Lipinski definition) is 0. The first kappa shape index (κ1) is 18.0. The van der Waals surface area contributed by atoms with Crippen molar-refractivity contribution in [3.05, 3.63) is 60.2 Å². The molecule has 1 aliphatic rings. The Hall–Kier alpha value is -3.42. The summed E-state index contributed by atoms with van der Waals surface area (Å²) in [5.74, 6) is -0.193. The fourth-order valence-corrected chi connectivity index (χ4v) is 3.24. The zero-order valence-electron chi connectivity index (χ0n) is 15.3.